The molecule has 2 aromatic rings. The third kappa shape index (κ3) is 3.41. The van der Waals surface area contributed by atoms with E-state index in [-0.39, 0.29) is 12.5 Å². The third-order valence-electron chi connectivity index (χ3n) is 2.49. The van der Waals surface area contributed by atoms with E-state index in [9.17, 15) is 4.79 Å². The number of nitrogens with two attached hydrogens (primary N) is 1. The van der Waals surface area contributed by atoms with E-state index < -0.39 is 0 Å². The molecule has 0 fully saturated rings. The number of aryl methyl sites for hydroxylation is 2. The zero-order chi connectivity index (χ0) is 14.5. The van der Waals surface area contributed by atoms with Crippen LogP contribution in [0.3, 0.4) is 0 Å². The summed E-state index contributed by atoms with van der Waals surface area (Å²) in [6.07, 6.45) is 0. The molecule has 1 amide bonds. The largest absolute Gasteiger partial charge is 0.320 e. The number of benzene rings is 1. The van der Waals surface area contributed by atoms with Gasteiger partial charge in [0.25, 0.3) is 5.91 Å². The topological polar surface area (TPSA) is 80.9 Å². The lowest BCUT2D eigenvalue weighted by atomic mass is 10.0. The Morgan fingerprint density at radius 3 is 2.85 bits per heavy atom. The van der Waals surface area contributed by atoms with Gasteiger partial charge in [0.15, 0.2) is 0 Å². The molecule has 0 aliphatic rings. The maximum atomic E-state index is 12.2. The van der Waals surface area contributed by atoms with Gasteiger partial charge in [0.2, 0.25) is 5.13 Å². The van der Waals surface area contributed by atoms with E-state index in [1.54, 1.807) is 6.07 Å². The maximum absolute atomic E-state index is 12.2. The first-order valence-corrected chi connectivity index (χ1v) is 6.83. The van der Waals surface area contributed by atoms with Gasteiger partial charge in [0.05, 0.1) is 12.1 Å². The van der Waals surface area contributed by atoms with Crippen molar-refractivity contribution in [3.8, 4) is 11.8 Å². The minimum Gasteiger partial charge on any atom is -0.320 e. The SMILES string of the molecule is Cc1ccc(C(=O)Nc2nnc(C)s2)c(C#CCN)c1. The molecular formula is C14H14N4OS. The quantitative estimate of drug-likeness (QED) is 0.824. The Balaban J connectivity index is 2.29. The minimum atomic E-state index is -0.248. The van der Waals surface area contributed by atoms with Crippen molar-refractivity contribution in [3.63, 3.8) is 0 Å². The first-order chi connectivity index (χ1) is 9.60. The summed E-state index contributed by atoms with van der Waals surface area (Å²) >= 11 is 1.33. The molecule has 0 aliphatic heterocycles. The molecule has 0 saturated heterocycles. The van der Waals surface area contributed by atoms with Gasteiger partial charge in [-0.3, -0.25) is 10.1 Å². The van der Waals surface area contributed by atoms with Crippen molar-refractivity contribution in [1.82, 2.24) is 10.2 Å². The summed E-state index contributed by atoms with van der Waals surface area (Å²) in [6, 6.07) is 5.48. The van der Waals surface area contributed by atoms with Crippen LogP contribution in [0.15, 0.2) is 18.2 Å². The highest BCUT2D eigenvalue weighted by atomic mass is 32.1. The number of amides is 1. The smallest absolute Gasteiger partial charge is 0.258 e. The number of aromatic nitrogens is 2. The number of anilines is 1. The number of carbonyl (C=O) groups excluding carboxylic acids is 1. The Morgan fingerprint density at radius 1 is 1.40 bits per heavy atom. The summed E-state index contributed by atoms with van der Waals surface area (Å²) in [6.45, 7) is 4.03. The lowest BCUT2D eigenvalue weighted by Gasteiger charge is -2.05. The summed E-state index contributed by atoms with van der Waals surface area (Å²) in [7, 11) is 0. The summed E-state index contributed by atoms with van der Waals surface area (Å²) in [5.41, 5.74) is 7.58. The highest BCUT2D eigenvalue weighted by Gasteiger charge is 2.12. The molecule has 20 heavy (non-hydrogen) atoms. The third-order valence-corrected chi connectivity index (χ3v) is 3.25. The number of nitrogens with zero attached hydrogens (tertiary/aromatic N) is 2. The highest BCUT2D eigenvalue weighted by Crippen LogP contribution is 2.17. The van der Waals surface area contributed by atoms with Gasteiger partial charge in [-0.1, -0.05) is 29.2 Å². The fourth-order valence-electron chi connectivity index (χ4n) is 1.62. The molecule has 0 atom stereocenters. The van der Waals surface area contributed by atoms with Crippen LogP contribution in [-0.2, 0) is 0 Å². The van der Waals surface area contributed by atoms with Crippen LogP contribution in [0.1, 0.15) is 26.5 Å². The molecular weight excluding hydrogens is 272 g/mol. The van der Waals surface area contributed by atoms with Crippen molar-refractivity contribution in [2.75, 3.05) is 11.9 Å². The molecule has 5 nitrogen and oxygen atoms in total. The van der Waals surface area contributed by atoms with Crippen molar-refractivity contribution in [1.29, 1.82) is 0 Å². The maximum Gasteiger partial charge on any atom is 0.258 e. The number of hydrogen-bond donors (Lipinski definition) is 2. The van der Waals surface area contributed by atoms with Gasteiger partial charge in [-0.25, -0.2) is 0 Å². The van der Waals surface area contributed by atoms with E-state index in [1.165, 1.54) is 11.3 Å². The summed E-state index contributed by atoms with van der Waals surface area (Å²) in [5.74, 6) is 5.44. The van der Waals surface area contributed by atoms with Crippen LogP contribution >= 0.6 is 11.3 Å². The van der Waals surface area contributed by atoms with Gasteiger partial charge in [-0.05, 0) is 31.5 Å². The van der Waals surface area contributed by atoms with Crippen LogP contribution < -0.4 is 11.1 Å². The molecule has 2 rings (SSSR count). The molecule has 0 spiro atoms. The molecule has 1 aromatic carbocycles. The average molecular weight is 286 g/mol. The summed E-state index contributed by atoms with van der Waals surface area (Å²) in [4.78, 5) is 12.2. The first kappa shape index (κ1) is 14.2. The lowest BCUT2D eigenvalue weighted by Crippen LogP contribution is -2.13. The predicted octanol–water partition coefficient (Wildman–Crippen LogP) is 1.72. The van der Waals surface area contributed by atoms with Crippen molar-refractivity contribution >= 4 is 22.4 Å². The molecule has 3 N–H and O–H groups in total. The van der Waals surface area contributed by atoms with Gasteiger partial charge < -0.3 is 5.73 Å². The number of carbonyl (C=O) groups is 1. The molecule has 1 heterocycles. The van der Waals surface area contributed by atoms with E-state index in [2.05, 4.69) is 27.4 Å². The normalized spacial score (nSPS) is 9.75. The predicted molar refractivity (Wildman–Crippen MR) is 79.7 cm³/mol. The van der Waals surface area contributed by atoms with Crippen molar-refractivity contribution < 1.29 is 4.79 Å². The van der Waals surface area contributed by atoms with Crippen LogP contribution in [0, 0.1) is 25.7 Å². The van der Waals surface area contributed by atoms with E-state index >= 15 is 0 Å². The Kier molecular flexibility index (Phi) is 4.45. The van der Waals surface area contributed by atoms with Gasteiger partial charge in [0.1, 0.15) is 5.01 Å². The Bertz CT molecular complexity index is 697. The average Bonchev–Trinajstić information content (AvgIpc) is 2.81. The Hall–Kier alpha value is -2.23. The van der Waals surface area contributed by atoms with Crippen LogP contribution in [0.25, 0.3) is 0 Å². The van der Waals surface area contributed by atoms with E-state index in [0.29, 0.717) is 16.3 Å². The Labute approximate surface area is 121 Å². The minimum absolute atomic E-state index is 0.248. The molecule has 0 bridgehead atoms. The molecule has 0 aliphatic carbocycles. The molecule has 1 aromatic heterocycles. The van der Waals surface area contributed by atoms with E-state index in [1.807, 2.05) is 26.0 Å². The van der Waals surface area contributed by atoms with Crippen molar-refractivity contribution in [3.05, 3.63) is 39.9 Å². The second-order valence-corrected chi connectivity index (χ2v) is 5.32. The fourth-order valence-corrected chi connectivity index (χ4v) is 2.20. The van der Waals surface area contributed by atoms with Crippen LogP contribution in [0.2, 0.25) is 0 Å². The number of rotatable bonds is 2. The van der Waals surface area contributed by atoms with E-state index in [4.69, 9.17) is 5.73 Å². The van der Waals surface area contributed by atoms with Gasteiger partial charge in [-0.15, -0.1) is 10.2 Å². The Morgan fingerprint density at radius 2 is 2.20 bits per heavy atom. The van der Waals surface area contributed by atoms with Gasteiger partial charge >= 0.3 is 0 Å². The lowest BCUT2D eigenvalue weighted by molar-refractivity contribution is 0.102. The van der Waals surface area contributed by atoms with Crippen LogP contribution in [-0.4, -0.2) is 22.6 Å². The van der Waals surface area contributed by atoms with Crippen LogP contribution in [0.5, 0.6) is 0 Å². The molecule has 0 radical (unpaired) electrons. The fraction of sp³-hybridized carbons (Fsp3) is 0.214. The summed E-state index contributed by atoms with van der Waals surface area (Å²) < 4.78 is 0. The van der Waals surface area contributed by atoms with Crippen molar-refractivity contribution in [2.45, 2.75) is 13.8 Å². The van der Waals surface area contributed by atoms with E-state index in [0.717, 1.165) is 10.6 Å². The second kappa shape index (κ2) is 6.28. The standard InChI is InChI=1S/C14H14N4OS/c1-9-5-6-12(11(8-9)4-3-7-15)13(19)16-14-18-17-10(2)20-14/h5-6,8H,7,15H2,1-2H3,(H,16,18,19). The van der Waals surface area contributed by atoms with Gasteiger partial charge in [0, 0.05) is 5.56 Å². The van der Waals surface area contributed by atoms with Gasteiger partial charge in [-0.2, -0.15) is 0 Å². The van der Waals surface area contributed by atoms with Crippen molar-refractivity contribution in [2.24, 2.45) is 5.73 Å². The monoisotopic (exact) mass is 286 g/mol. The molecule has 6 heteroatoms. The molecule has 102 valence electrons. The number of hydrogen-bond acceptors (Lipinski definition) is 5. The molecule has 0 saturated carbocycles. The highest BCUT2D eigenvalue weighted by molar-refractivity contribution is 7.15. The first-order valence-electron chi connectivity index (χ1n) is 6.01. The zero-order valence-corrected chi connectivity index (χ0v) is 12.0. The number of nitrogens with one attached hydrogen (secondary N) is 1. The van der Waals surface area contributed by atoms with Crippen LogP contribution in [0.4, 0.5) is 5.13 Å². The molecule has 0 unspecified atom stereocenters. The summed E-state index contributed by atoms with van der Waals surface area (Å²) in [5, 5.41) is 11.7. The zero-order valence-electron chi connectivity index (χ0n) is 11.2. The second-order valence-electron chi connectivity index (χ2n) is 4.14.